The van der Waals surface area contributed by atoms with Gasteiger partial charge in [-0.3, -0.25) is 4.79 Å². The van der Waals surface area contributed by atoms with Crippen LogP contribution in [0.2, 0.25) is 0 Å². The van der Waals surface area contributed by atoms with E-state index < -0.39 is 0 Å². The van der Waals surface area contributed by atoms with E-state index in [-0.39, 0.29) is 18.2 Å². The zero-order valence-electron chi connectivity index (χ0n) is 12.7. The first-order valence-electron chi connectivity index (χ1n) is 6.96. The lowest BCUT2D eigenvalue weighted by Crippen LogP contribution is -2.04. The third-order valence-electron chi connectivity index (χ3n) is 2.89. The van der Waals surface area contributed by atoms with Gasteiger partial charge in [-0.05, 0) is 25.0 Å². The highest BCUT2D eigenvalue weighted by Crippen LogP contribution is 2.15. The molecule has 0 amide bonds. The van der Waals surface area contributed by atoms with Gasteiger partial charge >= 0.3 is 5.97 Å². The molecular weight excluding hydrogens is 264 g/mol. The zero-order valence-corrected chi connectivity index (χ0v) is 12.7. The highest BCUT2D eigenvalue weighted by Gasteiger charge is 2.06. The predicted octanol–water partition coefficient (Wildman–Crippen LogP) is 4.05. The number of benzene rings is 2. The van der Waals surface area contributed by atoms with Gasteiger partial charge in [0.05, 0.1) is 6.10 Å². The van der Waals surface area contributed by atoms with Crippen molar-refractivity contribution in [1.82, 2.24) is 0 Å². The van der Waals surface area contributed by atoms with E-state index in [1.165, 1.54) is 6.92 Å². The summed E-state index contributed by atoms with van der Waals surface area (Å²) in [6.45, 7) is 5.03. The van der Waals surface area contributed by atoms with Crippen LogP contribution in [-0.2, 0) is 9.53 Å². The summed E-state index contributed by atoms with van der Waals surface area (Å²) in [5.74, 6) is -0.244. The van der Waals surface area contributed by atoms with Crippen LogP contribution in [0.25, 0.3) is 0 Å². The van der Waals surface area contributed by atoms with E-state index in [9.17, 15) is 4.79 Å². The molecule has 0 fully saturated rings. The van der Waals surface area contributed by atoms with E-state index >= 15 is 0 Å². The van der Waals surface area contributed by atoms with E-state index in [2.05, 4.69) is 0 Å². The molecule has 112 valence electrons. The molecule has 2 aromatic rings. The Bertz CT molecular complexity index is 521. The number of hydrogen-bond acceptors (Lipinski definition) is 3. The van der Waals surface area contributed by atoms with Gasteiger partial charge in [-0.1, -0.05) is 60.7 Å². The fourth-order valence-corrected chi connectivity index (χ4v) is 1.77. The molecule has 0 spiro atoms. The Labute approximate surface area is 126 Å². The topological polar surface area (TPSA) is 46.5 Å². The van der Waals surface area contributed by atoms with Crippen LogP contribution < -0.4 is 0 Å². The minimum absolute atomic E-state index is 0.149. The van der Waals surface area contributed by atoms with Crippen LogP contribution in [0.5, 0.6) is 0 Å². The molecule has 2 atom stereocenters. The van der Waals surface area contributed by atoms with Gasteiger partial charge in [-0.15, -0.1) is 0 Å². The second-order valence-electron chi connectivity index (χ2n) is 4.75. The summed E-state index contributed by atoms with van der Waals surface area (Å²) in [7, 11) is 0. The Hall–Kier alpha value is -2.13. The average molecular weight is 286 g/mol. The lowest BCUT2D eigenvalue weighted by atomic mass is 10.1. The molecule has 3 heteroatoms. The smallest absolute Gasteiger partial charge is 0.303 e. The summed E-state index contributed by atoms with van der Waals surface area (Å²) in [5.41, 5.74) is 1.99. The third-order valence-corrected chi connectivity index (χ3v) is 2.89. The number of rotatable bonds is 3. The fraction of sp³-hybridized carbons (Fsp3) is 0.278. The molecule has 0 radical (unpaired) electrons. The largest absolute Gasteiger partial charge is 0.458 e. The van der Waals surface area contributed by atoms with Crippen molar-refractivity contribution < 1.29 is 14.6 Å². The van der Waals surface area contributed by atoms with Gasteiger partial charge in [-0.2, -0.15) is 0 Å². The van der Waals surface area contributed by atoms with Crippen LogP contribution in [0, 0.1) is 0 Å². The lowest BCUT2D eigenvalue weighted by molar-refractivity contribution is -0.145. The molecule has 2 rings (SSSR count). The highest BCUT2D eigenvalue weighted by atomic mass is 16.5. The van der Waals surface area contributed by atoms with Gasteiger partial charge < -0.3 is 9.84 Å². The van der Waals surface area contributed by atoms with Gasteiger partial charge in [0, 0.05) is 6.92 Å². The summed E-state index contributed by atoms with van der Waals surface area (Å²) >= 11 is 0. The average Bonchev–Trinajstić information content (AvgIpc) is 2.49. The second-order valence-corrected chi connectivity index (χ2v) is 4.75. The van der Waals surface area contributed by atoms with E-state index in [1.807, 2.05) is 67.6 Å². The van der Waals surface area contributed by atoms with Crippen LogP contribution in [-0.4, -0.2) is 11.1 Å². The van der Waals surface area contributed by atoms with Crippen LogP contribution in [0.3, 0.4) is 0 Å². The SMILES string of the molecule is CC(=O)OC(C)c1ccccc1.CC(O)c1ccccc1. The van der Waals surface area contributed by atoms with Crippen molar-refractivity contribution in [3.05, 3.63) is 71.8 Å². The highest BCUT2D eigenvalue weighted by molar-refractivity contribution is 5.66. The molecule has 3 nitrogen and oxygen atoms in total. The molecule has 1 N–H and O–H groups in total. The van der Waals surface area contributed by atoms with Crippen molar-refractivity contribution >= 4 is 5.97 Å². The first-order chi connectivity index (χ1) is 10.0. The van der Waals surface area contributed by atoms with Gasteiger partial charge in [0.25, 0.3) is 0 Å². The number of carbonyl (C=O) groups is 1. The van der Waals surface area contributed by atoms with E-state index in [0.29, 0.717) is 0 Å². The standard InChI is InChI=1S/C10H12O2.C8H10O/c1-8(12-9(2)11)10-6-4-3-5-7-10;1-7(9)8-5-3-2-4-6-8/h3-8H,1-2H3;2-7,9H,1H3. The first kappa shape index (κ1) is 16.9. The Kier molecular flexibility index (Phi) is 7.19. The number of aliphatic hydroxyl groups excluding tert-OH is 1. The molecule has 0 aromatic heterocycles. The molecule has 2 unspecified atom stereocenters. The van der Waals surface area contributed by atoms with Crippen LogP contribution in [0.1, 0.15) is 44.1 Å². The normalized spacial score (nSPS) is 12.6. The number of hydrogen-bond donors (Lipinski definition) is 1. The van der Waals surface area contributed by atoms with Gasteiger partial charge in [0.2, 0.25) is 0 Å². The number of aliphatic hydroxyl groups is 1. The van der Waals surface area contributed by atoms with E-state index in [4.69, 9.17) is 9.84 Å². The molecule has 0 bridgehead atoms. The minimum atomic E-state index is -0.341. The van der Waals surface area contributed by atoms with Crippen molar-refractivity contribution in [2.45, 2.75) is 33.0 Å². The summed E-state index contributed by atoms with van der Waals surface area (Å²) in [6, 6.07) is 19.3. The quantitative estimate of drug-likeness (QED) is 0.866. The Balaban J connectivity index is 0.000000219. The second kappa shape index (κ2) is 8.93. The van der Waals surface area contributed by atoms with Crippen molar-refractivity contribution in [3.8, 4) is 0 Å². The minimum Gasteiger partial charge on any atom is -0.458 e. The molecule has 21 heavy (non-hydrogen) atoms. The zero-order chi connectivity index (χ0) is 15.7. The molecule has 0 saturated carbocycles. The lowest BCUT2D eigenvalue weighted by Gasteiger charge is -2.11. The van der Waals surface area contributed by atoms with Gasteiger partial charge in [0.1, 0.15) is 6.10 Å². The maximum Gasteiger partial charge on any atom is 0.303 e. The summed E-state index contributed by atoms with van der Waals surface area (Å²) in [4.78, 5) is 10.6. The molecule has 0 heterocycles. The molecule has 0 aliphatic rings. The Morgan fingerprint density at radius 3 is 1.67 bits per heavy atom. The molecule has 2 aromatic carbocycles. The van der Waals surface area contributed by atoms with Crippen LogP contribution in [0.15, 0.2) is 60.7 Å². The number of esters is 1. The Morgan fingerprint density at radius 2 is 1.33 bits per heavy atom. The van der Waals surface area contributed by atoms with Gasteiger partial charge in [0.15, 0.2) is 0 Å². The predicted molar refractivity (Wildman–Crippen MR) is 83.7 cm³/mol. The van der Waals surface area contributed by atoms with E-state index in [0.717, 1.165) is 11.1 Å². The molecular formula is C18H22O3. The van der Waals surface area contributed by atoms with Crippen LogP contribution in [0.4, 0.5) is 0 Å². The fourth-order valence-electron chi connectivity index (χ4n) is 1.77. The maximum atomic E-state index is 10.6. The number of carbonyl (C=O) groups excluding carboxylic acids is 1. The van der Waals surface area contributed by atoms with Crippen molar-refractivity contribution in [1.29, 1.82) is 0 Å². The van der Waals surface area contributed by atoms with Crippen LogP contribution >= 0.6 is 0 Å². The van der Waals surface area contributed by atoms with E-state index in [1.54, 1.807) is 6.92 Å². The first-order valence-corrected chi connectivity index (χ1v) is 6.96. The number of ether oxygens (including phenoxy) is 1. The molecule has 0 saturated heterocycles. The molecule has 0 aliphatic heterocycles. The maximum absolute atomic E-state index is 10.6. The summed E-state index contributed by atoms with van der Waals surface area (Å²) < 4.78 is 5.00. The third kappa shape index (κ3) is 6.72. The Morgan fingerprint density at radius 1 is 0.905 bits per heavy atom. The summed E-state index contributed by atoms with van der Waals surface area (Å²) in [6.07, 6.45) is -0.491. The summed E-state index contributed by atoms with van der Waals surface area (Å²) in [5, 5.41) is 9.02. The monoisotopic (exact) mass is 286 g/mol. The van der Waals surface area contributed by atoms with Crippen molar-refractivity contribution in [2.24, 2.45) is 0 Å². The van der Waals surface area contributed by atoms with Gasteiger partial charge in [-0.25, -0.2) is 0 Å². The molecule has 0 aliphatic carbocycles. The van der Waals surface area contributed by atoms with Crippen molar-refractivity contribution in [2.75, 3.05) is 0 Å². The van der Waals surface area contributed by atoms with Crippen molar-refractivity contribution in [3.63, 3.8) is 0 Å².